The molecule has 8 heteroatoms. The third-order valence-corrected chi connectivity index (χ3v) is 6.19. The van der Waals surface area contributed by atoms with Gasteiger partial charge in [-0.25, -0.2) is 4.79 Å². The van der Waals surface area contributed by atoms with E-state index in [0.29, 0.717) is 11.1 Å². The van der Waals surface area contributed by atoms with Crippen molar-refractivity contribution in [3.8, 4) is 11.5 Å². The molecule has 2 rings (SSSR count). The largest absolute Gasteiger partial charge is 0.513 e. The summed E-state index contributed by atoms with van der Waals surface area (Å²) in [6, 6.07) is 5.35. The Labute approximate surface area is 288 Å². The molecule has 0 spiro atoms. The number of hydrogen-bond acceptors (Lipinski definition) is 4. The topological polar surface area (TPSA) is 55.8 Å². The van der Waals surface area contributed by atoms with E-state index in [0.717, 1.165) is 13.2 Å². The van der Waals surface area contributed by atoms with Gasteiger partial charge >= 0.3 is 6.16 Å². The first kappa shape index (κ1) is 17.2. The van der Waals surface area contributed by atoms with Crippen molar-refractivity contribution in [2.24, 2.45) is 0 Å². The number of methoxy groups -OCH3 is 1. The maximum atomic E-state index is 11.8. The molecule has 0 saturated carbocycles. The van der Waals surface area contributed by atoms with Crippen molar-refractivity contribution in [2.75, 3.05) is 12.4 Å². The zero-order chi connectivity index (χ0) is 46.1. The average Bonchev–Trinajstić information content (AvgIpc) is 2.92. The van der Waals surface area contributed by atoms with Crippen LogP contribution >= 0.6 is 55.1 Å². The molecule has 1 N–H and O–H groups in total. The van der Waals surface area contributed by atoms with Gasteiger partial charge in [-0.2, -0.15) is 0 Å². The Bertz CT molecular complexity index is 1630. The fourth-order valence-corrected chi connectivity index (χ4v) is 3.85. The van der Waals surface area contributed by atoms with Gasteiger partial charge < -0.3 is 14.6 Å². The van der Waals surface area contributed by atoms with Gasteiger partial charge in [-0.1, -0.05) is 94.8 Å². The van der Waals surface area contributed by atoms with Gasteiger partial charge in [0.15, 0.2) is 5.75 Å². The zero-order valence-electron chi connectivity index (χ0n) is 40.7. The Morgan fingerprint density at radius 3 is 1.56 bits per heavy atom. The summed E-state index contributed by atoms with van der Waals surface area (Å²) in [6.07, 6.45) is -1.26. The van der Waals surface area contributed by atoms with Crippen LogP contribution in [0, 0.1) is 0 Å². The lowest BCUT2D eigenvalue weighted by molar-refractivity contribution is 0.120. The van der Waals surface area contributed by atoms with Gasteiger partial charge in [0, 0.05) is 35.8 Å². The van der Waals surface area contributed by atoms with E-state index in [1.807, 2.05) is 0 Å². The lowest BCUT2D eigenvalue weighted by Crippen LogP contribution is -2.19. The third kappa shape index (κ3) is 12.2. The molecule has 222 valence electrons. The zero-order valence-corrected chi connectivity index (χ0v) is 27.4. The summed E-state index contributed by atoms with van der Waals surface area (Å²) in [5.41, 5.74) is -8.05. The van der Waals surface area contributed by atoms with Crippen molar-refractivity contribution in [1.29, 1.82) is 0 Å². The predicted molar refractivity (Wildman–Crippen MR) is 174 cm³/mol. The minimum Gasteiger partial charge on any atom is -0.506 e. The number of phenols is 1. The van der Waals surface area contributed by atoms with E-state index in [-0.39, 0.29) is 14.3 Å². The number of ether oxygens (including phenoxy) is 2. The summed E-state index contributed by atoms with van der Waals surface area (Å²) in [5, 5.41) is 10.6. The highest BCUT2D eigenvalue weighted by molar-refractivity contribution is 9.10. The smallest absolute Gasteiger partial charge is 0.506 e. The molecule has 0 fully saturated rings. The van der Waals surface area contributed by atoms with Crippen LogP contribution < -0.4 is 4.74 Å². The van der Waals surface area contributed by atoms with Crippen molar-refractivity contribution >= 4 is 61.2 Å². The van der Waals surface area contributed by atoms with Crippen LogP contribution in [0.5, 0.6) is 11.5 Å². The van der Waals surface area contributed by atoms with Crippen LogP contribution in [-0.4, -0.2) is 23.7 Å². The molecule has 2 aromatic carbocycles. The van der Waals surface area contributed by atoms with E-state index >= 15 is 0 Å². The first-order valence-electron chi connectivity index (χ1n) is 20.2. The summed E-state index contributed by atoms with van der Waals surface area (Å²) in [7, 11) is 1.00. The number of halogens is 4. The highest BCUT2D eigenvalue weighted by Crippen LogP contribution is 2.41. The number of carbonyl (C=O) groups is 1. The number of hydrogen-bond donors (Lipinski definition) is 1. The van der Waals surface area contributed by atoms with Crippen LogP contribution in [0.25, 0.3) is 0 Å². The number of rotatable bonds is 1. The maximum Gasteiger partial charge on any atom is 0.513 e. The second kappa shape index (κ2) is 14.8. The second-order valence-corrected chi connectivity index (χ2v) is 12.9. The number of aromatic hydroxyl groups is 1. The Balaban J connectivity index is 0.00000104. The van der Waals surface area contributed by atoms with E-state index in [1.54, 1.807) is 41.5 Å². The van der Waals surface area contributed by atoms with Gasteiger partial charge in [-0.05, 0) is 76.8 Å². The van der Waals surface area contributed by atoms with Crippen molar-refractivity contribution < 1.29 is 44.0 Å². The number of phenolic OH excluding ortho intramolecular Hbond substituents is 1. The molecule has 0 unspecified atom stereocenters. The SMILES string of the molecule is ClCCl.[2H]C([2H])([2H])C(c1cc(C(C)(C)C)cc(Br)c1O)(C([2H])([2H])[2H])C([2H])([2H])[2H].[2H]C([2H])([2H])C(c1cc(C(C)(C)C)cc(Br)c1OC(=O)OC)(C([2H])([2H])[2H])C([2H])([2H])[2H]. The van der Waals surface area contributed by atoms with Gasteiger partial charge in [0.25, 0.3) is 0 Å². The molecule has 2 aromatic rings. The molecule has 4 nitrogen and oxygen atoms in total. The Morgan fingerprint density at radius 1 is 0.795 bits per heavy atom. The van der Waals surface area contributed by atoms with Gasteiger partial charge in [0.05, 0.1) is 21.4 Å². The van der Waals surface area contributed by atoms with Crippen molar-refractivity contribution in [3.63, 3.8) is 0 Å². The summed E-state index contributed by atoms with van der Waals surface area (Å²) >= 11 is 15.8. The third-order valence-electron chi connectivity index (χ3n) is 5.00. The molecule has 39 heavy (non-hydrogen) atoms. The van der Waals surface area contributed by atoms with Crippen LogP contribution in [-0.2, 0) is 26.4 Å². The molecule has 0 aliphatic heterocycles. The normalized spacial score (nSPS) is 20.8. The Hall–Kier alpha value is -0.950. The van der Waals surface area contributed by atoms with E-state index in [9.17, 15) is 9.90 Å². The quantitative estimate of drug-likeness (QED) is 0.180. The Kier molecular flexibility index (Phi) is 6.54. The molecular weight excluding hydrogens is 667 g/mol. The molecule has 0 bridgehead atoms. The van der Waals surface area contributed by atoms with E-state index in [4.69, 9.17) is 52.6 Å². The van der Waals surface area contributed by atoms with Crippen LogP contribution in [0.15, 0.2) is 33.2 Å². The van der Waals surface area contributed by atoms with Crippen LogP contribution in [0.1, 0.15) is 130 Å². The van der Waals surface area contributed by atoms with E-state index < -0.39 is 91.6 Å². The molecule has 0 saturated heterocycles. The standard InChI is InChI=1S/C16H23BrO3.C14H21BrO.CH2Cl2/c1-15(2,3)10-8-11(16(4,5)6)13(12(17)9-10)20-14(18)19-7;1-13(2,3)9-7-10(14(4,5)6)12(16)11(15)8-9;2-1-3/h8-9H,1-7H3;7-8,16H,1-6H3;1H2/i2*4D3,5D3,6D3;. The van der Waals surface area contributed by atoms with Crippen molar-refractivity contribution in [3.05, 3.63) is 55.5 Å². The first-order valence-corrected chi connectivity index (χ1v) is 13.8. The van der Waals surface area contributed by atoms with Crippen molar-refractivity contribution in [1.82, 2.24) is 0 Å². The molecule has 0 amide bonds. The number of alkyl halides is 2. The molecule has 0 radical (unpaired) electrons. The molecule has 0 aliphatic rings. The molecule has 0 aliphatic carbocycles. The highest BCUT2D eigenvalue weighted by Gasteiger charge is 2.27. The fourth-order valence-electron chi connectivity index (χ4n) is 2.85. The first-order chi connectivity index (χ1) is 24.9. The number of benzene rings is 2. The molecular formula is C31H46Br2Cl2O4. The Morgan fingerprint density at radius 2 is 1.18 bits per heavy atom. The van der Waals surface area contributed by atoms with Crippen molar-refractivity contribution in [2.45, 2.75) is 104 Å². The second-order valence-electron chi connectivity index (χ2n) is 10.3. The fraction of sp³-hybridized carbons (Fsp3) is 0.581. The molecule has 0 atom stereocenters. The van der Waals surface area contributed by atoms with Gasteiger partial charge in [0.1, 0.15) is 5.75 Å². The lowest BCUT2D eigenvalue weighted by Gasteiger charge is -2.27. The van der Waals surface area contributed by atoms with E-state index in [2.05, 4.69) is 36.6 Å². The summed E-state index contributed by atoms with van der Waals surface area (Å²) < 4.78 is 151. The lowest BCUT2D eigenvalue weighted by atomic mass is 9.80. The molecule has 0 heterocycles. The maximum absolute atomic E-state index is 11.8. The average molecular weight is 732 g/mol. The molecule has 0 aromatic heterocycles. The summed E-state index contributed by atoms with van der Waals surface area (Å²) in [6.45, 7) is -10.0. The van der Waals surface area contributed by atoms with Gasteiger partial charge in [-0.3, -0.25) is 0 Å². The minimum atomic E-state index is -3.51. The minimum absolute atomic E-state index is 0.0208. The van der Waals surface area contributed by atoms with E-state index in [1.165, 1.54) is 18.2 Å². The summed E-state index contributed by atoms with van der Waals surface area (Å²) in [5.74, 6) is -1.23. The summed E-state index contributed by atoms with van der Waals surface area (Å²) in [4.78, 5) is 11.8. The number of carbonyl (C=O) groups excluding carboxylic acids is 1. The highest BCUT2D eigenvalue weighted by atomic mass is 79.9. The van der Waals surface area contributed by atoms with Crippen LogP contribution in [0.2, 0.25) is 0 Å². The van der Waals surface area contributed by atoms with Gasteiger partial charge in [0.2, 0.25) is 0 Å². The predicted octanol–water partition coefficient (Wildman–Crippen LogP) is 11.4. The monoisotopic (exact) mass is 728 g/mol. The van der Waals surface area contributed by atoms with Gasteiger partial charge in [-0.15, -0.1) is 23.2 Å². The van der Waals surface area contributed by atoms with Crippen LogP contribution in [0.4, 0.5) is 4.79 Å². The van der Waals surface area contributed by atoms with Crippen LogP contribution in [0.3, 0.4) is 0 Å².